The summed E-state index contributed by atoms with van der Waals surface area (Å²) in [6.45, 7) is 2.45. The Morgan fingerprint density at radius 3 is 2.88 bits per heavy atom. The Morgan fingerprint density at radius 1 is 1.27 bits per heavy atom. The Balaban J connectivity index is 1.35. The number of urea groups is 1. The van der Waals surface area contributed by atoms with E-state index in [9.17, 15) is 22.8 Å². The lowest BCUT2D eigenvalue weighted by Crippen LogP contribution is -2.27. The Labute approximate surface area is 194 Å². The zero-order chi connectivity index (χ0) is 23.6. The SMILES string of the molecule is C[C+]1C=Cc2nc(CSc3nnc(NC(=O)Nc4cccc(C(F)(F)F)c4)s3)cc(=O)n2C1. The Bertz CT molecular complexity index is 1270. The van der Waals surface area contributed by atoms with Gasteiger partial charge in [-0.1, -0.05) is 29.2 Å². The second kappa shape index (κ2) is 9.27. The van der Waals surface area contributed by atoms with E-state index in [0.717, 1.165) is 29.4 Å². The van der Waals surface area contributed by atoms with Gasteiger partial charge >= 0.3 is 12.2 Å². The molecule has 3 aromatic rings. The average Bonchev–Trinajstić information content (AvgIpc) is 3.19. The van der Waals surface area contributed by atoms with Crippen LogP contribution in [0, 0.1) is 5.92 Å². The Morgan fingerprint density at radius 2 is 2.09 bits per heavy atom. The predicted molar refractivity (Wildman–Crippen MR) is 120 cm³/mol. The fraction of sp³-hybridized carbons (Fsp3) is 0.200. The molecule has 0 aliphatic carbocycles. The van der Waals surface area contributed by atoms with Crippen molar-refractivity contribution in [2.45, 2.75) is 29.7 Å². The number of thioether (sulfide) groups is 1. The van der Waals surface area contributed by atoms with Gasteiger partial charge in [0.05, 0.1) is 17.2 Å². The van der Waals surface area contributed by atoms with Gasteiger partial charge in [0.2, 0.25) is 11.0 Å². The summed E-state index contributed by atoms with van der Waals surface area (Å²) in [5.41, 5.74) is -0.417. The van der Waals surface area contributed by atoms with Gasteiger partial charge in [-0.3, -0.25) is 14.7 Å². The molecule has 4 rings (SSSR count). The number of amides is 2. The maximum atomic E-state index is 12.8. The highest BCUT2D eigenvalue weighted by Gasteiger charge is 2.30. The van der Waals surface area contributed by atoms with Crippen LogP contribution >= 0.6 is 23.1 Å². The van der Waals surface area contributed by atoms with Crippen molar-refractivity contribution < 1.29 is 18.0 Å². The first-order valence-corrected chi connectivity index (χ1v) is 11.3. The van der Waals surface area contributed by atoms with E-state index < -0.39 is 17.8 Å². The molecule has 0 saturated carbocycles. The van der Waals surface area contributed by atoms with Crippen molar-refractivity contribution in [2.24, 2.45) is 0 Å². The van der Waals surface area contributed by atoms with Crippen LogP contribution in [0.15, 0.2) is 45.5 Å². The molecule has 0 fully saturated rings. The molecule has 13 heteroatoms. The number of carbonyl (C=O) groups is 1. The summed E-state index contributed by atoms with van der Waals surface area (Å²) in [7, 11) is 0. The number of alkyl halides is 3. The van der Waals surface area contributed by atoms with Gasteiger partial charge in [-0.2, -0.15) is 13.2 Å². The molecule has 1 aromatic carbocycles. The number of nitrogens with one attached hydrogen (secondary N) is 2. The number of hydrogen-bond acceptors (Lipinski definition) is 7. The van der Waals surface area contributed by atoms with Crippen molar-refractivity contribution in [2.75, 3.05) is 10.6 Å². The predicted octanol–water partition coefficient (Wildman–Crippen LogP) is 4.67. The number of allylic oxidation sites excluding steroid dienone is 1. The molecule has 2 amide bonds. The molecule has 2 N–H and O–H groups in total. The molecule has 0 bridgehead atoms. The maximum Gasteiger partial charge on any atom is 0.416 e. The number of nitrogens with zero attached hydrogens (tertiary/aromatic N) is 4. The molecule has 0 unspecified atom stereocenters. The van der Waals surface area contributed by atoms with Crippen LogP contribution in [0.4, 0.5) is 28.8 Å². The van der Waals surface area contributed by atoms with Crippen molar-refractivity contribution in [3.63, 3.8) is 0 Å². The number of aromatic nitrogens is 4. The molecule has 8 nitrogen and oxygen atoms in total. The molecule has 170 valence electrons. The van der Waals surface area contributed by atoms with Gasteiger partial charge in [-0.05, 0) is 18.2 Å². The number of fused-ring (bicyclic) bond motifs is 1. The van der Waals surface area contributed by atoms with Crippen LogP contribution in [0.25, 0.3) is 6.08 Å². The molecule has 1 aliphatic rings. The van der Waals surface area contributed by atoms with Gasteiger partial charge in [0.25, 0.3) is 5.56 Å². The zero-order valence-electron chi connectivity index (χ0n) is 17.0. The van der Waals surface area contributed by atoms with Crippen molar-refractivity contribution in [3.8, 4) is 0 Å². The van der Waals surface area contributed by atoms with Crippen LogP contribution in [0.3, 0.4) is 0 Å². The lowest BCUT2D eigenvalue weighted by molar-refractivity contribution is -0.137. The highest BCUT2D eigenvalue weighted by Crippen LogP contribution is 2.31. The summed E-state index contributed by atoms with van der Waals surface area (Å²) in [4.78, 5) is 28.9. The first-order valence-electron chi connectivity index (χ1n) is 9.50. The third-order valence-electron chi connectivity index (χ3n) is 4.43. The van der Waals surface area contributed by atoms with Gasteiger partial charge in [0.1, 0.15) is 18.7 Å². The largest absolute Gasteiger partial charge is 0.416 e. The van der Waals surface area contributed by atoms with Crippen molar-refractivity contribution in [1.29, 1.82) is 0 Å². The van der Waals surface area contributed by atoms with E-state index >= 15 is 0 Å². The van der Waals surface area contributed by atoms with Crippen LogP contribution in [-0.2, 0) is 18.5 Å². The number of rotatable bonds is 5. The third-order valence-corrected chi connectivity index (χ3v) is 6.44. The molecular formula is C20H16F3N6O2S2+. The highest BCUT2D eigenvalue weighted by molar-refractivity contribution is 8.00. The van der Waals surface area contributed by atoms with E-state index in [1.165, 1.54) is 30.0 Å². The molecule has 0 radical (unpaired) electrons. The van der Waals surface area contributed by atoms with Crippen molar-refractivity contribution in [3.05, 3.63) is 69.8 Å². The average molecular weight is 494 g/mol. The number of carbonyl (C=O) groups excluding carboxylic acids is 1. The second-order valence-electron chi connectivity index (χ2n) is 7.03. The summed E-state index contributed by atoms with van der Waals surface area (Å²) in [5.74, 6) is 2.04. The Kier molecular flexibility index (Phi) is 6.42. The van der Waals surface area contributed by atoms with E-state index in [2.05, 4.69) is 25.8 Å². The minimum absolute atomic E-state index is 0.00643. The number of anilines is 2. The number of hydrogen-bond donors (Lipinski definition) is 2. The van der Waals surface area contributed by atoms with Crippen LogP contribution < -0.4 is 16.2 Å². The van der Waals surface area contributed by atoms with Gasteiger partial charge in [0.15, 0.2) is 4.34 Å². The smallest absolute Gasteiger partial charge is 0.308 e. The lowest BCUT2D eigenvalue weighted by Gasteiger charge is -2.11. The molecule has 1 aliphatic heterocycles. The summed E-state index contributed by atoms with van der Waals surface area (Å²) >= 11 is 2.39. The fourth-order valence-corrected chi connectivity index (χ4v) is 4.58. The van der Waals surface area contributed by atoms with E-state index in [4.69, 9.17) is 0 Å². The zero-order valence-corrected chi connectivity index (χ0v) is 18.6. The van der Waals surface area contributed by atoms with Gasteiger partial charge in [-0.25, -0.2) is 9.78 Å². The van der Waals surface area contributed by atoms with E-state index in [-0.39, 0.29) is 16.4 Å². The van der Waals surface area contributed by atoms with E-state index in [0.29, 0.717) is 28.2 Å². The quantitative estimate of drug-likeness (QED) is 0.304. The number of halogens is 3. The Hall–Kier alpha value is -3.32. The summed E-state index contributed by atoms with van der Waals surface area (Å²) < 4.78 is 40.5. The monoisotopic (exact) mass is 493 g/mol. The van der Waals surface area contributed by atoms with Crippen LogP contribution in [0.2, 0.25) is 0 Å². The first kappa shape index (κ1) is 22.9. The molecule has 0 saturated heterocycles. The molecular weight excluding hydrogens is 477 g/mol. The normalized spacial score (nSPS) is 13.0. The van der Waals surface area contributed by atoms with Crippen molar-refractivity contribution >= 4 is 46.0 Å². The lowest BCUT2D eigenvalue weighted by atomic mass is 10.1. The minimum Gasteiger partial charge on any atom is -0.308 e. The van der Waals surface area contributed by atoms with Crippen LogP contribution in [0.1, 0.15) is 24.0 Å². The standard InChI is InChI=1S/C20H15F3N6O2S2/c1-11-5-6-15-24-14(8-16(30)29(15)9-11)10-32-19-28-27-18(33-19)26-17(31)25-13-4-2-3-12(7-13)20(21,22)23/h2-8H,9-10H2,1H3,(H-,25,26,27,31)/p+1. The highest BCUT2D eigenvalue weighted by atomic mass is 32.2. The second-order valence-corrected chi connectivity index (χ2v) is 9.23. The summed E-state index contributed by atoms with van der Waals surface area (Å²) in [5, 5.41) is 12.8. The molecule has 0 atom stereocenters. The molecule has 3 heterocycles. The summed E-state index contributed by atoms with van der Waals surface area (Å²) in [6, 6.07) is 5.03. The van der Waals surface area contributed by atoms with Gasteiger partial charge in [0, 0.05) is 24.4 Å². The first-order chi connectivity index (χ1) is 15.7. The van der Waals surface area contributed by atoms with Gasteiger partial charge in [-0.15, -0.1) is 10.2 Å². The minimum atomic E-state index is -4.51. The number of benzene rings is 1. The van der Waals surface area contributed by atoms with E-state index in [1.807, 2.05) is 13.0 Å². The van der Waals surface area contributed by atoms with Crippen LogP contribution in [-0.4, -0.2) is 25.8 Å². The van der Waals surface area contributed by atoms with Crippen LogP contribution in [0.5, 0.6) is 0 Å². The molecule has 2 aromatic heterocycles. The summed E-state index contributed by atoms with van der Waals surface area (Å²) in [6.07, 6.45) is -0.790. The maximum absolute atomic E-state index is 12.8. The molecule has 0 spiro atoms. The van der Waals surface area contributed by atoms with Crippen molar-refractivity contribution in [1.82, 2.24) is 19.7 Å². The van der Waals surface area contributed by atoms with E-state index in [1.54, 1.807) is 10.6 Å². The van der Waals surface area contributed by atoms with Gasteiger partial charge < -0.3 is 5.32 Å². The topological polar surface area (TPSA) is 102 Å². The third kappa shape index (κ3) is 5.73. The molecule has 33 heavy (non-hydrogen) atoms. The fourth-order valence-electron chi connectivity index (χ4n) is 2.94.